The van der Waals surface area contributed by atoms with Gasteiger partial charge in [0.1, 0.15) is 17.3 Å². The topological polar surface area (TPSA) is 26.3 Å². The third-order valence-corrected chi connectivity index (χ3v) is 4.94. The Kier molecular flexibility index (Phi) is 5.48. The summed E-state index contributed by atoms with van der Waals surface area (Å²) in [5, 5.41) is 0. The van der Waals surface area contributed by atoms with Gasteiger partial charge >= 0.3 is 0 Å². The second-order valence-corrected chi connectivity index (χ2v) is 7.76. The second-order valence-electron chi connectivity index (χ2n) is 7.76. The van der Waals surface area contributed by atoms with E-state index < -0.39 is 0 Å². The molecule has 2 nitrogen and oxygen atoms in total. The predicted molar refractivity (Wildman–Crippen MR) is 99.7 cm³/mol. The monoisotopic (exact) mass is 324 g/mol. The van der Waals surface area contributed by atoms with Crippen LogP contribution in [0.15, 0.2) is 54.6 Å². The van der Waals surface area contributed by atoms with E-state index >= 15 is 0 Å². The molecule has 0 aliphatic carbocycles. The van der Waals surface area contributed by atoms with Gasteiger partial charge in [0.2, 0.25) is 0 Å². The molecule has 0 unspecified atom stereocenters. The normalized spacial score (nSPS) is 12.0. The molecule has 0 spiro atoms. The summed E-state index contributed by atoms with van der Waals surface area (Å²) < 4.78 is 5.85. The van der Waals surface area contributed by atoms with Crippen LogP contribution in [-0.2, 0) is 10.2 Å². The summed E-state index contributed by atoms with van der Waals surface area (Å²) in [6.07, 6.45) is 1.86. The van der Waals surface area contributed by atoms with Crippen molar-refractivity contribution in [2.45, 2.75) is 52.9 Å². The van der Waals surface area contributed by atoms with Crippen molar-refractivity contribution < 1.29 is 9.53 Å². The Morgan fingerprint density at radius 2 is 1.38 bits per heavy atom. The number of carbonyl (C=O) groups excluding carboxylic acids is 1. The number of rotatable bonds is 7. The van der Waals surface area contributed by atoms with Gasteiger partial charge in [-0.1, -0.05) is 58.0 Å². The van der Waals surface area contributed by atoms with E-state index in [1.165, 1.54) is 5.56 Å². The quantitative estimate of drug-likeness (QED) is 0.610. The molecule has 0 aliphatic rings. The van der Waals surface area contributed by atoms with Gasteiger partial charge in [0.15, 0.2) is 0 Å². The standard InChI is InChI=1S/C22H28O2/c1-17(23)21(2,3)15-16-22(4,5)18-11-13-20(14-12-18)24-19-9-7-6-8-10-19/h6-14H,15-16H2,1-5H3. The van der Waals surface area contributed by atoms with Gasteiger partial charge in [0.25, 0.3) is 0 Å². The lowest BCUT2D eigenvalue weighted by Crippen LogP contribution is -2.26. The maximum Gasteiger partial charge on any atom is 0.135 e. The number of benzene rings is 2. The van der Waals surface area contributed by atoms with Crippen molar-refractivity contribution >= 4 is 5.78 Å². The average Bonchev–Trinajstić information content (AvgIpc) is 2.55. The molecular formula is C22H28O2. The van der Waals surface area contributed by atoms with Crippen LogP contribution in [0.4, 0.5) is 0 Å². The molecule has 0 radical (unpaired) electrons. The third-order valence-electron chi connectivity index (χ3n) is 4.94. The number of Topliss-reactive ketones (excluding diaryl/α,β-unsaturated/α-hetero) is 1. The highest BCUT2D eigenvalue weighted by molar-refractivity contribution is 5.81. The number of para-hydroxylation sites is 1. The molecule has 2 rings (SSSR count). The molecular weight excluding hydrogens is 296 g/mol. The minimum Gasteiger partial charge on any atom is -0.457 e. The molecule has 0 amide bonds. The maximum atomic E-state index is 11.7. The van der Waals surface area contributed by atoms with Gasteiger partial charge in [-0.15, -0.1) is 0 Å². The molecule has 0 aliphatic heterocycles. The summed E-state index contributed by atoms with van der Waals surface area (Å²) >= 11 is 0. The lowest BCUT2D eigenvalue weighted by atomic mass is 9.74. The molecule has 0 bridgehead atoms. The summed E-state index contributed by atoms with van der Waals surface area (Å²) in [4.78, 5) is 11.7. The Morgan fingerprint density at radius 1 is 0.833 bits per heavy atom. The van der Waals surface area contributed by atoms with Gasteiger partial charge < -0.3 is 4.74 Å². The van der Waals surface area contributed by atoms with Crippen molar-refractivity contribution in [1.82, 2.24) is 0 Å². The fourth-order valence-corrected chi connectivity index (χ4v) is 2.54. The van der Waals surface area contributed by atoms with E-state index in [4.69, 9.17) is 4.74 Å². The maximum absolute atomic E-state index is 11.7. The van der Waals surface area contributed by atoms with E-state index in [1.807, 2.05) is 56.3 Å². The van der Waals surface area contributed by atoms with E-state index in [-0.39, 0.29) is 16.6 Å². The van der Waals surface area contributed by atoms with E-state index in [9.17, 15) is 4.79 Å². The largest absolute Gasteiger partial charge is 0.457 e. The van der Waals surface area contributed by atoms with Crippen LogP contribution in [0.2, 0.25) is 0 Å². The number of ether oxygens (including phenoxy) is 1. The molecule has 0 N–H and O–H groups in total. The highest BCUT2D eigenvalue weighted by Crippen LogP contribution is 2.35. The molecule has 24 heavy (non-hydrogen) atoms. The smallest absolute Gasteiger partial charge is 0.135 e. The Labute approximate surface area is 145 Å². The molecule has 0 saturated heterocycles. The fraction of sp³-hybridized carbons (Fsp3) is 0.409. The Balaban J connectivity index is 2.04. The van der Waals surface area contributed by atoms with E-state index in [2.05, 4.69) is 26.0 Å². The van der Waals surface area contributed by atoms with Gasteiger partial charge in [0, 0.05) is 5.41 Å². The van der Waals surface area contributed by atoms with Crippen LogP contribution in [0.1, 0.15) is 53.0 Å². The summed E-state index contributed by atoms with van der Waals surface area (Å²) in [7, 11) is 0. The molecule has 0 fully saturated rings. The van der Waals surface area contributed by atoms with Gasteiger partial charge in [0.05, 0.1) is 0 Å². The summed E-state index contributed by atoms with van der Waals surface area (Å²) in [6, 6.07) is 18.1. The minimum atomic E-state index is -0.256. The van der Waals surface area contributed by atoms with E-state index in [0.717, 1.165) is 24.3 Å². The predicted octanol–water partition coefficient (Wildman–Crippen LogP) is 6.15. The zero-order valence-corrected chi connectivity index (χ0v) is 15.4. The van der Waals surface area contributed by atoms with Crippen molar-refractivity contribution in [2.75, 3.05) is 0 Å². The first-order valence-electron chi connectivity index (χ1n) is 8.55. The van der Waals surface area contributed by atoms with Crippen LogP contribution < -0.4 is 4.74 Å². The van der Waals surface area contributed by atoms with Crippen LogP contribution in [0.5, 0.6) is 11.5 Å². The molecule has 2 aromatic rings. The molecule has 128 valence electrons. The van der Waals surface area contributed by atoms with Crippen LogP contribution in [0, 0.1) is 5.41 Å². The highest BCUT2D eigenvalue weighted by atomic mass is 16.5. The van der Waals surface area contributed by atoms with E-state index in [0.29, 0.717) is 0 Å². The van der Waals surface area contributed by atoms with E-state index in [1.54, 1.807) is 6.92 Å². The zero-order chi connectivity index (χ0) is 17.8. The first kappa shape index (κ1) is 18.3. The number of hydrogen-bond acceptors (Lipinski definition) is 2. The summed E-state index contributed by atoms with van der Waals surface area (Å²) in [5.74, 6) is 1.93. The second kappa shape index (κ2) is 7.21. The zero-order valence-electron chi connectivity index (χ0n) is 15.4. The van der Waals surface area contributed by atoms with Crippen LogP contribution >= 0.6 is 0 Å². The Bertz CT molecular complexity index is 667. The Hall–Kier alpha value is -2.09. The van der Waals surface area contributed by atoms with Crippen molar-refractivity contribution in [3.8, 4) is 11.5 Å². The third kappa shape index (κ3) is 4.70. The highest BCUT2D eigenvalue weighted by Gasteiger charge is 2.28. The van der Waals surface area contributed by atoms with Crippen molar-refractivity contribution in [3.63, 3.8) is 0 Å². The first-order chi connectivity index (χ1) is 11.2. The summed E-state index contributed by atoms with van der Waals surface area (Å²) in [5.41, 5.74) is 1.04. The SMILES string of the molecule is CC(=O)C(C)(C)CCC(C)(C)c1ccc(Oc2ccccc2)cc1. The fourth-order valence-electron chi connectivity index (χ4n) is 2.54. The van der Waals surface area contributed by atoms with Gasteiger partial charge in [-0.2, -0.15) is 0 Å². The molecule has 0 atom stereocenters. The Morgan fingerprint density at radius 3 is 1.92 bits per heavy atom. The van der Waals surface area contributed by atoms with Crippen molar-refractivity contribution in [2.24, 2.45) is 5.41 Å². The molecule has 0 saturated carbocycles. The molecule has 0 heterocycles. The average molecular weight is 324 g/mol. The van der Waals surface area contributed by atoms with Crippen LogP contribution in [0.25, 0.3) is 0 Å². The molecule has 0 aromatic heterocycles. The van der Waals surface area contributed by atoms with Crippen molar-refractivity contribution in [3.05, 3.63) is 60.2 Å². The van der Waals surface area contributed by atoms with Crippen LogP contribution in [-0.4, -0.2) is 5.78 Å². The van der Waals surface area contributed by atoms with Gasteiger partial charge in [-0.25, -0.2) is 0 Å². The molecule has 2 heteroatoms. The lowest BCUT2D eigenvalue weighted by Gasteiger charge is -2.30. The lowest BCUT2D eigenvalue weighted by molar-refractivity contribution is -0.125. The van der Waals surface area contributed by atoms with Gasteiger partial charge in [-0.05, 0) is 55.0 Å². The van der Waals surface area contributed by atoms with Crippen molar-refractivity contribution in [1.29, 1.82) is 0 Å². The molecule has 2 aromatic carbocycles. The van der Waals surface area contributed by atoms with Gasteiger partial charge in [-0.3, -0.25) is 4.79 Å². The summed E-state index contributed by atoms with van der Waals surface area (Å²) in [6.45, 7) is 10.2. The number of ketones is 1. The number of hydrogen-bond donors (Lipinski definition) is 0. The number of carbonyl (C=O) groups is 1. The van der Waals surface area contributed by atoms with Crippen LogP contribution in [0.3, 0.4) is 0 Å². The first-order valence-corrected chi connectivity index (χ1v) is 8.55. The minimum absolute atomic E-state index is 0.0258.